The minimum Gasteiger partial charge on any atom is -0.477 e. The van der Waals surface area contributed by atoms with Gasteiger partial charge in [0.15, 0.2) is 18.9 Å². The lowest BCUT2D eigenvalue weighted by atomic mass is 9.88. The van der Waals surface area contributed by atoms with Crippen LogP contribution in [0.5, 0.6) is 0 Å². The fourth-order valence-electron chi connectivity index (χ4n) is 7.34. The maximum atomic E-state index is 12.7. The van der Waals surface area contributed by atoms with Gasteiger partial charge in [-0.3, -0.25) is 14.4 Å². The molecule has 0 radical (unpaired) electrons. The number of hydrogen-bond donors (Lipinski definition) is 16. The Balaban J connectivity index is 1.66. The molecule has 4 aliphatic heterocycles. The Labute approximate surface area is 340 Å². The number of rotatable bonds is 16. The second-order valence-electron chi connectivity index (χ2n) is 14.8. The van der Waals surface area contributed by atoms with Gasteiger partial charge in [-0.2, -0.15) is 0 Å². The molecule has 4 fully saturated rings. The molecule has 0 saturated carbocycles. The van der Waals surface area contributed by atoms with Gasteiger partial charge >= 0.3 is 5.97 Å². The Morgan fingerprint density at radius 3 is 1.72 bits per heavy atom. The van der Waals surface area contributed by atoms with E-state index in [9.17, 15) is 85.6 Å². The minimum absolute atomic E-state index is 0.760. The van der Waals surface area contributed by atoms with Gasteiger partial charge in [0, 0.05) is 27.2 Å². The Hall–Kier alpha value is -2.88. The molecule has 3 amide bonds. The van der Waals surface area contributed by atoms with E-state index >= 15 is 0 Å². The molecule has 4 aliphatic rings. The van der Waals surface area contributed by atoms with Crippen molar-refractivity contribution in [2.24, 2.45) is 0 Å². The van der Waals surface area contributed by atoms with Crippen molar-refractivity contribution in [1.29, 1.82) is 0 Å². The number of amides is 3. The Kier molecular flexibility index (Phi) is 17.4. The maximum Gasteiger partial charge on any atom is 0.364 e. The molecule has 4 heterocycles. The largest absolute Gasteiger partial charge is 0.477 e. The molecule has 4 rings (SSSR count). The first-order valence-electron chi connectivity index (χ1n) is 18.7. The first-order chi connectivity index (χ1) is 28.1. The highest BCUT2D eigenvalue weighted by atomic mass is 16.8. The summed E-state index contributed by atoms with van der Waals surface area (Å²) in [6.07, 6.45) is -33.2. The Bertz CT molecular complexity index is 1470. The molecule has 0 aromatic heterocycles. The molecular weight excluding hydrogens is 822 g/mol. The zero-order valence-electron chi connectivity index (χ0n) is 32.4. The molecular formula is C33H55N3O24. The van der Waals surface area contributed by atoms with Gasteiger partial charge in [0.1, 0.15) is 91.4 Å². The number of carbonyl (C=O) groups is 4. The molecule has 0 aromatic rings. The van der Waals surface area contributed by atoms with Gasteiger partial charge in [0.25, 0.3) is 5.79 Å². The van der Waals surface area contributed by atoms with E-state index in [0.717, 1.165) is 20.8 Å². The number of carboxylic acid groups (broad SMARTS) is 1. The molecule has 60 heavy (non-hydrogen) atoms. The van der Waals surface area contributed by atoms with E-state index < -0.39 is 185 Å². The van der Waals surface area contributed by atoms with Crippen LogP contribution in [0.2, 0.25) is 0 Å². The van der Waals surface area contributed by atoms with Crippen molar-refractivity contribution >= 4 is 23.7 Å². The molecule has 4 saturated heterocycles. The average molecular weight is 878 g/mol. The summed E-state index contributed by atoms with van der Waals surface area (Å²) in [4.78, 5) is 49.4. The van der Waals surface area contributed by atoms with E-state index in [0.29, 0.717) is 0 Å². The number of aliphatic hydroxyl groups excluding tert-OH is 12. The number of aliphatic hydroxyl groups is 12. The predicted octanol–water partition coefficient (Wildman–Crippen LogP) is -10.1. The van der Waals surface area contributed by atoms with E-state index in [1.807, 2.05) is 0 Å². The molecule has 0 unspecified atom stereocenters. The standard InChI is InChI=1S/C33H55N3O24/c1-9(40)34-17-12(43)4-33(32(52)53,60-28(17)20(45)13(44)5-37)54-8-16-23(48)26(18(29(51)55-16)35-10(2)41)58-30-19(36-11(3)42)27(22(47)15(7-39)56-30)59-31-25(50)24(49)21(46)14(6-38)57-31/h12-31,37-39,43-51H,4-8H2,1-3H3,(H,34,40)(H,35,41)(H,36,42)(H,52,53)/t12-,13+,14+,15+,16+,17+,18+,19+,20+,21-,22+,23-,24-,25+,26+,27+,28+,29-,30-,31-,33+/m0/s1. The average Bonchev–Trinajstić information content (AvgIpc) is 3.18. The number of nitrogens with one attached hydrogen (secondary N) is 3. The normalized spacial score (nSPS) is 43.3. The van der Waals surface area contributed by atoms with Crippen molar-refractivity contribution < 1.29 is 119 Å². The van der Waals surface area contributed by atoms with Gasteiger partial charge in [-0.25, -0.2) is 4.79 Å². The third-order valence-electron chi connectivity index (χ3n) is 10.4. The summed E-state index contributed by atoms with van der Waals surface area (Å²) in [5.41, 5.74) is 0. The lowest BCUT2D eigenvalue weighted by Gasteiger charge is -2.50. The summed E-state index contributed by atoms with van der Waals surface area (Å²) < 4.78 is 39.6. The van der Waals surface area contributed by atoms with Gasteiger partial charge in [-0.05, 0) is 0 Å². The van der Waals surface area contributed by atoms with Crippen LogP contribution in [0, 0.1) is 0 Å². The number of carboxylic acids is 1. The van der Waals surface area contributed by atoms with Crippen LogP contribution in [0.4, 0.5) is 0 Å². The van der Waals surface area contributed by atoms with Crippen LogP contribution in [-0.4, -0.2) is 245 Å². The van der Waals surface area contributed by atoms with Crippen molar-refractivity contribution in [1.82, 2.24) is 16.0 Å². The quantitative estimate of drug-likeness (QED) is 0.0684. The van der Waals surface area contributed by atoms with Crippen molar-refractivity contribution in [3.8, 4) is 0 Å². The molecule has 0 aromatic carbocycles. The van der Waals surface area contributed by atoms with Gasteiger partial charge in [0.2, 0.25) is 17.7 Å². The first-order valence-corrected chi connectivity index (χ1v) is 18.7. The topological polar surface area (TPSA) is 432 Å². The first kappa shape index (κ1) is 49.8. The molecule has 0 spiro atoms. The highest BCUT2D eigenvalue weighted by Crippen LogP contribution is 2.36. The molecule has 27 heteroatoms. The number of carbonyl (C=O) groups excluding carboxylic acids is 3. The van der Waals surface area contributed by atoms with Gasteiger partial charge < -0.3 is 115 Å². The zero-order valence-corrected chi connectivity index (χ0v) is 32.4. The predicted molar refractivity (Wildman–Crippen MR) is 186 cm³/mol. The van der Waals surface area contributed by atoms with Gasteiger partial charge in [-0.15, -0.1) is 0 Å². The summed E-state index contributed by atoms with van der Waals surface area (Å²) in [5.74, 6) is -7.26. The number of hydrogen-bond acceptors (Lipinski definition) is 23. The highest BCUT2D eigenvalue weighted by Gasteiger charge is 2.58. The summed E-state index contributed by atoms with van der Waals surface area (Å²) >= 11 is 0. The highest BCUT2D eigenvalue weighted by molar-refractivity contribution is 5.77. The minimum atomic E-state index is -2.93. The third kappa shape index (κ3) is 11.0. The Morgan fingerprint density at radius 1 is 0.667 bits per heavy atom. The van der Waals surface area contributed by atoms with Crippen LogP contribution in [0.15, 0.2) is 0 Å². The van der Waals surface area contributed by atoms with Crippen molar-refractivity contribution in [3.05, 3.63) is 0 Å². The fourth-order valence-corrected chi connectivity index (χ4v) is 7.34. The summed E-state index contributed by atoms with van der Waals surface area (Å²) in [5, 5.41) is 143. The number of aliphatic carboxylic acids is 1. The fraction of sp³-hybridized carbons (Fsp3) is 0.879. The summed E-state index contributed by atoms with van der Waals surface area (Å²) in [6, 6.07) is -4.96. The molecule has 16 N–H and O–H groups in total. The van der Waals surface area contributed by atoms with Crippen molar-refractivity contribution in [2.45, 2.75) is 155 Å². The van der Waals surface area contributed by atoms with Crippen LogP contribution in [0.1, 0.15) is 27.2 Å². The van der Waals surface area contributed by atoms with Crippen molar-refractivity contribution in [2.75, 3.05) is 26.4 Å². The van der Waals surface area contributed by atoms with Crippen LogP contribution in [0.25, 0.3) is 0 Å². The van der Waals surface area contributed by atoms with Crippen molar-refractivity contribution in [3.63, 3.8) is 0 Å². The van der Waals surface area contributed by atoms with Crippen LogP contribution in [0.3, 0.4) is 0 Å². The van der Waals surface area contributed by atoms with Gasteiger partial charge in [0.05, 0.1) is 38.6 Å². The molecule has 0 bridgehead atoms. The maximum absolute atomic E-state index is 12.7. The molecule has 0 aliphatic carbocycles. The zero-order chi connectivity index (χ0) is 45.0. The van der Waals surface area contributed by atoms with Crippen LogP contribution in [-0.2, 0) is 52.3 Å². The van der Waals surface area contributed by atoms with E-state index in [1.165, 1.54) is 0 Å². The van der Waals surface area contributed by atoms with E-state index in [4.69, 9.17) is 33.2 Å². The summed E-state index contributed by atoms with van der Waals surface area (Å²) in [6.45, 7) is -0.889. The second-order valence-corrected chi connectivity index (χ2v) is 14.8. The lowest BCUT2D eigenvalue weighted by molar-refractivity contribution is -0.360. The molecule has 27 nitrogen and oxygen atoms in total. The monoisotopic (exact) mass is 877 g/mol. The van der Waals surface area contributed by atoms with E-state index in [-0.39, 0.29) is 0 Å². The molecule has 346 valence electrons. The Morgan fingerprint density at radius 2 is 1.17 bits per heavy atom. The number of ether oxygens (including phenoxy) is 7. The SMILES string of the molecule is CC(=O)N[C@@H]1[C@@H](O[C@@H]2O[C@H](CO)[C@@H](O)[C@H](O[C@@H]3O[C@H](CO)[C@H](O)[C@H](O)[C@H]3O)[C@H]2NC(C)=O)[C@@H](O)[C@@H](CO[C@]2(C(=O)O)C[C@H](O)[C@@H](NC(C)=O)[C@H]([C@H](O)[C@H](O)CO)O2)O[C@@H]1O. The van der Waals surface area contributed by atoms with Gasteiger partial charge in [-0.1, -0.05) is 0 Å². The second kappa shape index (κ2) is 21.0. The van der Waals surface area contributed by atoms with Crippen LogP contribution < -0.4 is 16.0 Å². The molecule has 21 atom stereocenters. The van der Waals surface area contributed by atoms with E-state index in [1.54, 1.807) is 0 Å². The van der Waals surface area contributed by atoms with Crippen LogP contribution >= 0.6 is 0 Å². The lowest BCUT2D eigenvalue weighted by Crippen LogP contribution is -2.71. The van der Waals surface area contributed by atoms with E-state index in [2.05, 4.69) is 16.0 Å². The summed E-state index contributed by atoms with van der Waals surface area (Å²) in [7, 11) is 0. The smallest absolute Gasteiger partial charge is 0.364 e. The third-order valence-corrected chi connectivity index (χ3v) is 10.4.